The van der Waals surface area contributed by atoms with Gasteiger partial charge in [0, 0.05) is 5.69 Å². The summed E-state index contributed by atoms with van der Waals surface area (Å²) in [5.74, 6) is -1.67. The molecule has 0 amide bonds. The first-order valence-electron chi connectivity index (χ1n) is 6.74. The van der Waals surface area contributed by atoms with E-state index in [0.717, 1.165) is 0 Å². The van der Waals surface area contributed by atoms with E-state index in [-0.39, 0.29) is 11.3 Å². The van der Waals surface area contributed by atoms with Crippen LogP contribution in [0, 0.1) is 0 Å². The van der Waals surface area contributed by atoms with Gasteiger partial charge in [-0.05, 0) is 31.2 Å². The fourth-order valence-corrected chi connectivity index (χ4v) is 3.18. The van der Waals surface area contributed by atoms with Crippen molar-refractivity contribution in [1.82, 2.24) is 0 Å². The first-order chi connectivity index (χ1) is 10.8. The Bertz CT molecular complexity index is 844. The topological polar surface area (TPSA) is 101 Å². The van der Waals surface area contributed by atoms with Crippen LogP contribution in [-0.2, 0) is 14.8 Å². The summed E-state index contributed by atoms with van der Waals surface area (Å²) >= 11 is 0. The number of anilines is 1. The van der Waals surface area contributed by atoms with E-state index in [0.29, 0.717) is 5.69 Å². The number of hydrogen-bond donors (Lipinski definition) is 2. The number of phenols is 1. The smallest absolute Gasteiger partial charge is 0.265 e. The van der Waals surface area contributed by atoms with E-state index in [1.54, 1.807) is 30.3 Å². The lowest BCUT2D eigenvalue weighted by Gasteiger charge is -2.11. The molecule has 2 aromatic carbocycles. The third-order valence-electron chi connectivity index (χ3n) is 3.02. The molecule has 0 heterocycles. The zero-order valence-corrected chi connectivity index (χ0v) is 13.1. The number of carbonyl (C=O) groups is 2. The van der Waals surface area contributed by atoms with E-state index in [9.17, 15) is 23.1 Å². The molecule has 2 rings (SSSR count). The Morgan fingerprint density at radius 2 is 1.70 bits per heavy atom. The van der Waals surface area contributed by atoms with Gasteiger partial charge in [-0.25, -0.2) is 8.42 Å². The largest absolute Gasteiger partial charge is 0.506 e. The van der Waals surface area contributed by atoms with Crippen LogP contribution in [0.1, 0.15) is 23.7 Å². The molecule has 0 saturated carbocycles. The minimum Gasteiger partial charge on any atom is -0.506 e. The number of para-hydroxylation sites is 2. The molecule has 0 aromatic heterocycles. The summed E-state index contributed by atoms with van der Waals surface area (Å²) in [6.07, 6.45) is -0.400. The van der Waals surface area contributed by atoms with Crippen LogP contribution in [0.25, 0.3) is 0 Å². The normalized spacial score (nSPS) is 11.0. The van der Waals surface area contributed by atoms with E-state index in [1.807, 2.05) is 0 Å². The van der Waals surface area contributed by atoms with Crippen LogP contribution in [0.2, 0.25) is 0 Å². The average molecular weight is 333 g/mol. The van der Waals surface area contributed by atoms with Crippen molar-refractivity contribution in [3.8, 4) is 5.75 Å². The van der Waals surface area contributed by atoms with Gasteiger partial charge in [0.25, 0.3) is 10.0 Å². The zero-order chi connectivity index (χ0) is 17.0. The molecular weight excluding hydrogens is 318 g/mol. The molecule has 0 aliphatic heterocycles. The highest BCUT2D eigenvalue weighted by Crippen LogP contribution is 2.29. The van der Waals surface area contributed by atoms with Crippen molar-refractivity contribution in [3.05, 3.63) is 54.1 Å². The third kappa shape index (κ3) is 3.95. The summed E-state index contributed by atoms with van der Waals surface area (Å²) < 4.78 is 27.1. The summed E-state index contributed by atoms with van der Waals surface area (Å²) in [5, 5.41) is 10.1. The van der Waals surface area contributed by atoms with Gasteiger partial charge < -0.3 is 5.11 Å². The summed E-state index contributed by atoms with van der Waals surface area (Å²) in [4.78, 5) is 22.5. The van der Waals surface area contributed by atoms with Crippen LogP contribution in [-0.4, -0.2) is 25.1 Å². The molecule has 0 fully saturated rings. The van der Waals surface area contributed by atoms with E-state index >= 15 is 0 Å². The van der Waals surface area contributed by atoms with Gasteiger partial charge >= 0.3 is 0 Å². The van der Waals surface area contributed by atoms with Gasteiger partial charge in [0.15, 0.2) is 5.78 Å². The van der Waals surface area contributed by atoms with Gasteiger partial charge in [-0.3, -0.25) is 14.3 Å². The van der Waals surface area contributed by atoms with Crippen molar-refractivity contribution in [2.24, 2.45) is 0 Å². The fraction of sp³-hybridized carbons (Fsp3) is 0.125. The first-order valence-corrected chi connectivity index (χ1v) is 8.22. The van der Waals surface area contributed by atoms with Gasteiger partial charge in [-0.1, -0.05) is 24.3 Å². The maximum atomic E-state index is 12.4. The molecule has 2 N–H and O–H groups in total. The molecular formula is C16H15NO5S. The van der Waals surface area contributed by atoms with Crippen molar-refractivity contribution in [2.75, 3.05) is 4.72 Å². The van der Waals surface area contributed by atoms with Gasteiger partial charge in [-0.15, -0.1) is 0 Å². The van der Waals surface area contributed by atoms with Crippen LogP contribution in [0.5, 0.6) is 5.75 Å². The quantitative estimate of drug-likeness (QED) is 0.624. The van der Waals surface area contributed by atoms with Gasteiger partial charge in [0.1, 0.15) is 16.4 Å². The molecule has 0 spiro atoms. The average Bonchev–Trinajstić information content (AvgIpc) is 2.47. The fourth-order valence-electron chi connectivity index (χ4n) is 2.00. The highest BCUT2D eigenvalue weighted by Gasteiger charge is 2.23. The summed E-state index contributed by atoms with van der Waals surface area (Å²) in [5.41, 5.74) is 0.128. The minimum absolute atomic E-state index is 0.198. The minimum atomic E-state index is -4.07. The van der Waals surface area contributed by atoms with Crippen LogP contribution in [0.3, 0.4) is 0 Å². The second-order valence-electron chi connectivity index (χ2n) is 4.93. The summed E-state index contributed by atoms with van der Waals surface area (Å²) in [7, 11) is -4.07. The van der Waals surface area contributed by atoms with Crippen molar-refractivity contribution >= 4 is 27.3 Å². The highest BCUT2D eigenvalue weighted by atomic mass is 32.2. The number of phenolic OH excluding ortho intramolecular Hbond substituents is 1. The van der Waals surface area contributed by atoms with Crippen LogP contribution >= 0.6 is 0 Å². The van der Waals surface area contributed by atoms with Crippen molar-refractivity contribution in [1.29, 1.82) is 0 Å². The Morgan fingerprint density at radius 1 is 1.04 bits per heavy atom. The molecule has 0 bridgehead atoms. The van der Waals surface area contributed by atoms with Gasteiger partial charge in [0.2, 0.25) is 0 Å². The number of ketones is 2. The predicted octanol–water partition coefficient (Wildman–Crippen LogP) is 2.35. The Balaban J connectivity index is 2.40. The van der Waals surface area contributed by atoms with Crippen molar-refractivity contribution < 1.29 is 23.1 Å². The van der Waals surface area contributed by atoms with Crippen molar-refractivity contribution in [3.63, 3.8) is 0 Å². The van der Waals surface area contributed by atoms with E-state index in [2.05, 4.69) is 4.72 Å². The number of nitrogens with one attached hydrogen (secondary N) is 1. The van der Waals surface area contributed by atoms with Crippen LogP contribution < -0.4 is 4.72 Å². The second kappa shape index (κ2) is 6.62. The summed E-state index contributed by atoms with van der Waals surface area (Å²) in [6.45, 7) is 1.24. The van der Waals surface area contributed by atoms with Crippen LogP contribution in [0.15, 0.2) is 53.4 Å². The number of hydrogen-bond acceptors (Lipinski definition) is 5. The van der Waals surface area contributed by atoms with Crippen molar-refractivity contribution in [2.45, 2.75) is 18.2 Å². The Morgan fingerprint density at radius 3 is 2.30 bits per heavy atom. The maximum Gasteiger partial charge on any atom is 0.265 e. The van der Waals surface area contributed by atoms with Gasteiger partial charge in [-0.2, -0.15) is 0 Å². The number of rotatable bonds is 6. The molecule has 6 nitrogen and oxygen atoms in total. The van der Waals surface area contributed by atoms with Crippen LogP contribution in [0.4, 0.5) is 5.69 Å². The zero-order valence-electron chi connectivity index (χ0n) is 12.3. The monoisotopic (exact) mass is 333 g/mol. The lowest BCUT2D eigenvalue weighted by Crippen LogP contribution is -2.14. The number of carbonyl (C=O) groups excluding carboxylic acids is 2. The van der Waals surface area contributed by atoms with E-state index < -0.39 is 32.9 Å². The van der Waals surface area contributed by atoms with E-state index in [4.69, 9.17) is 0 Å². The maximum absolute atomic E-state index is 12.4. The first kappa shape index (κ1) is 16.7. The lowest BCUT2D eigenvalue weighted by molar-refractivity contribution is -0.116. The van der Waals surface area contributed by atoms with Gasteiger partial charge in [0.05, 0.1) is 12.0 Å². The molecule has 0 radical (unpaired) electrons. The SMILES string of the molecule is CC(=O)CC(=O)c1cccc(S(=O)(=O)Nc2ccccc2)c1O. The predicted molar refractivity (Wildman–Crippen MR) is 85.0 cm³/mol. The molecule has 7 heteroatoms. The third-order valence-corrected chi connectivity index (χ3v) is 4.44. The Labute approximate surface area is 133 Å². The molecule has 0 unspecified atom stereocenters. The number of sulfonamides is 1. The Kier molecular flexibility index (Phi) is 4.80. The Hall–Kier alpha value is -2.67. The number of benzene rings is 2. The molecule has 0 aliphatic rings. The number of Topliss-reactive ketones (excluding diaryl/α,β-unsaturated/α-hetero) is 2. The van der Waals surface area contributed by atoms with E-state index in [1.165, 1.54) is 25.1 Å². The summed E-state index contributed by atoms with van der Waals surface area (Å²) in [6, 6.07) is 12.0. The molecule has 0 atom stereocenters. The molecule has 23 heavy (non-hydrogen) atoms. The second-order valence-corrected chi connectivity index (χ2v) is 6.58. The molecule has 2 aromatic rings. The standard InChI is InChI=1S/C16H15NO5S/c1-11(18)10-14(19)13-8-5-9-15(16(13)20)23(21,22)17-12-6-3-2-4-7-12/h2-9,17,20H,10H2,1H3. The molecule has 120 valence electrons. The molecule has 0 aliphatic carbocycles. The lowest BCUT2D eigenvalue weighted by atomic mass is 10.1. The molecule has 0 saturated heterocycles. The highest BCUT2D eigenvalue weighted by molar-refractivity contribution is 7.92. The number of aromatic hydroxyl groups is 1.